The molecule has 0 aliphatic rings. The van der Waals surface area contributed by atoms with E-state index in [-0.39, 0.29) is 11.5 Å². The summed E-state index contributed by atoms with van der Waals surface area (Å²) in [7, 11) is -2.94. The minimum Gasteiger partial charge on any atom is -0.494 e. The van der Waals surface area contributed by atoms with Crippen molar-refractivity contribution in [2.45, 2.75) is 19.7 Å². The van der Waals surface area contributed by atoms with Crippen LogP contribution < -0.4 is 10.1 Å². The zero-order valence-corrected chi connectivity index (χ0v) is 12.9. The predicted octanol–water partition coefficient (Wildman–Crippen LogP) is 2.67. The second-order valence-electron chi connectivity index (χ2n) is 4.05. The Labute approximate surface area is 120 Å². The molecule has 0 amide bonds. The third-order valence-electron chi connectivity index (χ3n) is 2.69. The van der Waals surface area contributed by atoms with Gasteiger partial charge in [0.1, 0.15) is 5.75 Å². The van der Waals surface area contributed by atoms with Crippen molar-refractivity contribution >= 4 is 27.1 Å². The average molecular weight is 306 g/mol. The van der Waals surface area contributed by atoms with Gasteiger partial charge in [-0.2, -0.15) is 0 Å². The monoisotopic (exact) mass is 305 g/mol. The van der Waals surface area contributed by atoms with Gasteiger partial charge in [0.2, 0.25) is 0 Å². The number of rotatable bonds is 8. The Kier molecular flexibility index (Phi) is 6.45. The number of alkyl halides is 1. The van der Waals surface area contributed by atoms with Gasteiger partial charge in [-0.3, -0.25) is 0 Å². The topological polar surface area (TPSA) is 55.4 Å². The van der Waals surface area contributed by atoms with Crippen LogP contribution in [0.15, 0.2) is 18.2 Å². The largest absolute Gasteiger partial charge is 0.494 e. The Hall–Kier alpha value is -0.940. The lowest BCUT2D eigenvalue weighted by Gasteiger charge is -2.11. The molecule has 1 aromatic carbocycles. The van der Waals surface area contributed by atoms with Crippen LogP contribution >= 0.6 is 11.6 Å². The highest BCUT2D eigenvalue weighted by molar-refractivity contribution is 7.91. The Balaban J connectivity index is 2.65. The third-order valence-corrected chi connectivity index (χ3v) is 4.68. The number of halogens is 1. The van der Waals surface area contributed by atoms with Gasteiger partial charge in [0.25, 0.3) is 0 Å². The number of hydrogen-bond acceptors (Lipinski definition) is 4. The first-order valence-corrected chi connectivity index (χ1v) is 8.64. The van der Waals surface area contributed by atoms with Crippen LogP contribution in [0.3, 0.4) is 0 Å². The Morgan fingerprint density at radius 3 is 2.63 bits per heavy atom. The molecular weight excluding hydrogens is 286 g/mol. The number of ether oxygens (including phenoxy) is 1. The standard InChI is InChI=1S/C13H20ClNO3S/c1-3-18-13-6-5-12(9-11(13)10-14)15-7-8-19(16,17)4-2/h5-6,9,15H,3-4,7-8,10H2,1-2H3. The summed E-state index contributed by atoms with van der Waals surface area (Å²) in [5.74, 6) is 1.43. The van der Waals surface area contributed by atoms with E-state index in [1.165, 1.54) is 0 Å². The number of hydrogen-bond donors (Lipinski definition) is 1. The van der Waals surface area contributed by atoms with Crippen LogP contribution in [0.5, 0.6) is 5.75 Å². The predicted molar refractivity (Wildman–Crippen MR) is 80.0 cm³/mol. The second-order valence-corrected chi connectivity index (χ2v) is 6.79. The average Bonchev–Trinajstić information content (AvgIpc) is 2.40. The molecule has 0 atom stereocenters. The molecule has 0 heterocycles. The molecule has 0 spiro atoms. The fraction of sp³-hybridized carbons (Fsp3) is 0.538. The van der Waals surface area contributed by atoms with Gasteiger partial charge in [0.15, 0.2) is 9.84 Å². The highest BCUT2D eigenvalue weighted by Gasteiger charge is 2.07. The molecule has 0 saturated heterocycles. The number of anilines is 1. The highest BCUT2D eigenvalue weighted by Crippen LogP contribution is 2.24. The molecule has 0 unspecified atom stereocenters. The Morgan fingerprint density at radius 1 is 1.32 bits per heavy atom. The summed E-state index contributed by atoms with van der Waals surface area (Å²) >= 11 is 5.87. The zero-order chi connectivity index (χ0) is 14.3. The molecule has 1 rings (SSSR count). The van der Waals surface area contributed by atoms with Crippen molar-refractivity contribution in [1.82, 2.24) is 0 Å². The summed E-state index contributed by atoms with van der Waals surface area (Å²) in [6.07, 6.45) is 0. The SMILES string of the molecule is CCOc1ccc(NCCS(=O)(=O)CC)cc1CCl. The van der Waals surface area contributed by atoms with Crippen molar-refractivity contribution in [2.24, 2.45) is 0 Å². The fourth-order valence-corrected chi connectivity index (χ4v) is 2.50. The van der Waals surface area contributed by atoms with Crippen molar-refractivity contribution < 1.29 is 13.2 Å². The van der Waals surface area contributed by atoms with Crippen molar-refractivity contribution in [3.63, 3.8) is 0 Å². The van der Waals surface area contributed by atoms with E-state index in [0.717, 1.165) is 17.0 Å². The lowest BCUT2D eigenvalue weighted by Crippen LogP contribution is -2.17. The van der Waals surface area contributed by atoms with E-state index in [2.05, 4.69) is 5.32 Å². The van der Waals surface area contributed by atoms with Gasteiger partial charge in [-0.05, 0) is 25.1 Å². The Bertz CT molecular complexity index is 503. The van der Waals surface area contributed by atoms with Crippen LogP contribution in [0.4, 0.5) is 5.69 Å². The van der Waals surface area contributed by atoms with Gasteiger partial charge in [-0.1, -0.05) is 6.92 Å². The maximum absolute atomic E-state index is 11.4. The normalized spacial score (nSPS) is 11.3. The van der Waals surface area contributed by atoms with E-state index in [9.17, 15) is 8.42 Å². The van der Waals surface area contributed by atoms with Crippen molar-refractivity contribution in [3.05, 3.63) is 23.8 Å². The van der Waals surface area contributed by atoms with E-state index < -0.39 is 9.84 Å². The molecule has 0 bridgehead atoms. The molecule has 0 aromatic heterocycles. The number of benzene rings is 1. The van der Waals surface area contributed by atoms with Gasteiger partial charge in [-0.25, -0.2) is 8.42 Å². The van der Waals surface area contributed by atoms with E-state index in [4.69, 9.17) is 16.3 Å². The van der Waals surface area contributed by atoms with E-state index in [1.54, 1.807) is 6.92 Å². The molecule has 0 aliphatic carbocycles. The molecule has 0 radical (unpaired) electrons. The number of nitrogens with one attached hydrogen (secondary N) is 1. The molecule has 108 valence electrons. The first kappa shape index (κ1) is 16.1. The summed E-state index contributed by atoms with van der Waals surface area (Å²) in [6.45, 7) is 4.55. The minimum atomic E-state index is -2.94. The van der Waals surface area contributed by atoms with Gasteiger partial charge >= 0.3 is 0 Å². The fourth-order valence-electron chi connectivity index (χ4n) is 1.59. The lowest BCUT2D eigenvalue weighted by atomic mass is 10.2. The molecule has 1 N–H and O–H groups in total. The summed E-state index contributed by atoms with van der Waals surface area (Å²) in [4.78, 5) is 0. The van der Waals surface area contributed by atoms with Gasteiger partial charge < -0.3 is 10.1 Å². The molecule has 1 aromatic rings. The maximum atomic E-state index is 11.4. The zero-order valence-electron chi connectivity index (χ0n) is 11.3. The van der Waals surface area contributed by atoms with E-state index in [0.29, 0.717) is 19.0 Å². The molecule has 0 saturated carbocycles. The molecule has 6 heteroatoms. The summed E-state index contributed by atoms with van der Waals surface area (Å²) in [6, 6.07) is 5.59. The Morgan fingerprint density at radius 2 is 2.05 bits per heavy atom. The third kappa shape index (κ3) is 5.28. The minimum absolute atomic E-state index is 0.132. The van der Waals surface area contributed by atoms with Crippen LogP contribution in [-0.2, 0) is 15.7 Å². The van der Waals surface area contributed by atoms with Crippen LogP contribution in [0, 0.1) is 0 Å². The molecule has 0 fully saturated rings. The van der Waals surface area contributed by atoms with Gasteiger partial charge in [0, 0.05) is 23.5 Å². The number of sulfone groups is 1. The molecular formula is C13H20ClNO3S. The molecule has 4 nitrogen and oxygen atoms in total. The van der Waals surface area contributed by atoms with E-state index >= 15 is 0 Å². The van der Waals surface area contributed by atoms with Crippen LogP contribution in [0.2, 0.25) is 0 Å². The second kappa shape index (κ2) is 7.60. The molecule has 0 aliphatic heterocycles. The maximum Gasteiger partial charge on any atom is 0.151 e. The quantitative estimate of drug-likeness (QED) is 0.750. The van der Waals surface area contributed by atoms with Crippen molar-refractivity contribution in [3.8, 4) is 5.75 Å². The lowest BCUT2D eigenvalue weighted by molar-refractivity contribution is 0.337. The van der Waals surface area contributed by atoms with Crippen LogP contribution in [0.25, 0.3) is 0 Å². The van der Waals surface area contributed by atoms with Crippen molar-refractivity contribution in [1.29, 1.82) is 0 Å². The van der Waals surface area contributed by atoms with Crippen LogP contribution in [0.1, 0.15) is 19.4 Å². The summed E-state index contributed by atoms with van der Waals surface area (Å²) in [5.41, 5.74) is 1.75. The van der Waals surface area contributed by atoms with Gasteiger partial charge in [0.05, 0.1) is 18.2 Å². The summed E-state index contributed by atoms with van der Waals surface area (Å²) < 4.78 is 28.2. The first-order valence-electron chi connectivity index (χ1n) is 6.28. The summed E-state index contributed by atoms with van der Waals surface area (Å²) in [5, 5.41) is 3.09. The highest BCUT2D eigenvalue weighted by atomic mass is 35.5. The van der Waals surface area contributed by atoms with E-state index in [1.807, 2.05) is 25.1 Å². The first-order chi connectivity index (χ1) is 9.02. The van der Waals surface area contributed by atoms with Gasteiger partial charge in [-0.15, -0.1) is 11.6 Å². The van der Waals surface area contributed by atoms with Crippen molar-refractivity contribution in [2.75, 3.05) is 30.0 Å². The smallest absolute Gasteiger partial charge is 0.151 e. The molecule has 19 heavy (non-hydrogen) atoms. The van der Waals surface area contributed by atoms with Crippen LogP contribution in [-0.4, -0.2) is 33.1 Å².